The molecule has 3 nitrogen and oxygen atoms in total. The van der Waals surface area contributed by atoms with Crippen LogP contribution in [-0.2, 0) is 11.2 Å². The van der Waals surface area contributed by atoms with E-state index in [9.17, 15) is 4.79 Å². The van der Waals surface area contributed by atoms with Gasteiger partial charge in [-0.2, -0.15) is 0 Å². The first-order chi connectivity index (χ1) is 12.2. The Hall–Kier alpha value is -2.13. The number of aliphatic carboxylic acids is 1. The van der Waals surface area contributed by atoms with Crippen LogP contribution in [0, 0.1) is 0 Å². The third kappa shape index (κ3) is 5.43. The molecule has 0 spiro atoms. The zero-order valence-electron chi connectivity index (χ0n) is 14.6. The third-order valence-electron chi connectivity index (χ3n) is 5.21. The molecule has 0 amide bonds. The van der Waals surface area contributed by atoms with Crippen LogP contribution in [0.5, 0.6) is 0 Å². The molecule has 2 aromatic rings. The van der Waals surface area contributed by atoms with Crippen molar-refractivity contribution in [2.24, 2.45) is 0 Å². The second-order valence-corrected chi connectivity index (χ2v) is 7.10. The lowest BCUT2D eigenvalue weighted by molar-refractivity contribution is -0.137. The van der Waals surface area contributed by atoms with E-state index in [1.165, 1.54) is 17.5 Å². The maximum Gasteiger partial charge on any atom is 0.303 e. The zero-order valence-corrected chi connectivity index (χ0v) is 14.6. The van der Waals surface area contributed by atoms with Crippen LogP contribution in [0.25, 0.3) is 0 Å². The number of carboxylic acid groups (broad SMARTS) is 1. The Bertz CT molecular complexity index is 656. The fraction of sp³-hybridized carbons (Fsp3) is 0.409. The quantitative estimate of drug-likeness (QED) is 0.751. The Morgan fingerprint density at radius 2 is 1.72 bits per heavy atom. The van der Waals surface area contributed by atoms with E-state index in [2.05, 4.69) is 47.8 Å². The summed E-state index contributed by atoms with van der Waals surface area (Å²) in [5.41, 5.74) is 2.69. The molecule has 0 radical (unpaired) electrons. The number of carbonyl (C=O) groups is 1. The van der Waals surface area contributed by atoms with Crippen molar-refractivity contribution in [3.8, 4) is 0 Å². The predicted octanol–water partition coefficient (Wildman–Crippen LogP) is 4.39. The van der Waals surface area contributed by atoms with Gasteiger partial charge in [0, 0.05) is 18.5 Å². The average molecular weight is 337 g/mol. The number of hydrogen-bond donors (Lipinski definition) is 2. The first kappa shape index (κ1) is 17.7. The van der Waals surface area contributed by atoms with Crippen LogP contribution in [0.2, 0.25) is 0 Å². The fourth-order valence-electron chi connectivity index (χ4n) is 3.93. The molecule has 1 saturated carbocycles. The summed E-state index contributed by atoms with van der Waals surface area (Å²) in [7, 11) is 0. The molecule has 3 unspecified atom stereocenters. The molecule has 1 fully saturated rings. The summed E-state index contributed by atoms with van der Waals surface area (Å²) in [5, 5.41) is 12.8. The Kier molecular flexibility index (Phi) is 6.24. The van der Waals surface area contributed by atoms with Gasteiger partial charge in [0.15, 0.2) is 0 Å². The minimum Gasteiger partial charge on any atom is -0.481 e. The van der Waals surface area contributed by atoms with Crippen LogP contribution in [0.15, 0.2) is 60.7 Å². The number of benzene rings is 2. The standard InChI is InChI=1S/C22H27NO2/c24-22(25)14-13-20(15-17-7-3-1-4-8-17)23-21-12-11-19(16-21)18-9-5-2-6-10-18/h1-10,19-21,23H,11-16H2,(H,24,25). The Balaban J connectivity index is 1.59. The second-order valence-electron chi connectivity index (χ2n) is 7.10. The van der Waals surface area contributed by atoms with Crippen molar-refractivity contribution < 1.29 is 9.90 Å². The van der Waals surface area contributed by atoms with E-state index >= 15 is 0 Å². The monoisotopic (exact) mass is 337 g/mol. The highest BCUT2D eigenvalue weighted by Gasteiger charge is 2.27. The summed E-state index contributed by atoms with van der Waals surface area (Å²) in [5.74, 6) is -0.0935. The van der Waals surface area contributed by atoms with Gasteiger partial charge in [0.25, 0.3) is 0 Å². The number of rotatable bonds is 8. The predicted molar refractivity (Wildman–Crippen MR) is 101 cm³/mol. The van der Waals surface area contributed by atoms with Gasteiger partial charge in [0.2, 0.25) is 0 Å². The summed E-state index contributed by atoms with van der Waals surface area (Å²) in [6.07, 6.45) is 5.30. The van der Waals surface area contributed by atoms with Crippen molar-refractivity contribution in [2.75, 3.05) is 0 Å². The van der Waals surface area contributed by atoms with E-state index in [1.54, 1.807) is 0 Å². The topological polar surface area (TPSA) is 49.3 Å². The van der Waals surface area contributed by atoms with Gasteiger partial charge < -0.3 is 10.4 Å². The molecule has 0 aromatic heterocycles. The molecule has 1 aliphatic carbocycles. The first-order valence-corrected chi connectivity index (χ1v) is 9.27. The van der Waals surface area contributed by atoms with Crippen LogP contribution >= 0.6 is 0 Å². The molecule has 3 rings (SSSR count). The van der Waals surface area contributed by atoms with Crippen LogP contribution in [0.3, 0.4) is 0 Å². The molecule has 0 aliphatic heterocycles. The Labute approximate surface area is 150 Å². The molecule has 1 aliphatic rings. The van der Waals surface area contributed by atoms with Gasteiger partial charge in [-0.25, -0.2) is 0 Å². The van der Waals surface area contributed by atoms with Gasteiger partial charge in [0.05, 0.1) is 0 Å². The van der Waals surface area contributed by atoms with E-state index in [-0.39, 0.29) is 12.5 Å². The molecule has 0 saturated heterocycles. The highest BCUT2D eigenvalue weighted by Crippen LogP contribution is 2.34. The van der Waals surface area contributed by atoms with Gasteiger partial charge in [-0.1, -0.05) is 60.7 Å². The minimum atomic E-state index is -0.714. The summed E-state index contributed by atoms with van der Waals surface area (Å²) < 4.78 is 0. The van der Waals surface area contributed by atoms with Crippen molar-refractivity contribution in [1.82, 2.24) is 5.32 Å². The van der Waals surface area contributed by atoms with Crippen LogP contribution in [-0.4, -0.2) is 23.2 Å². The van der Waals surface area contributed by atoms with Crippen molar-refractivity contribution in [1.29, 1.82) is 0 Å². The molecule has 2 aromatic carbocycles. The van der Waals surface area contributed by atoms with Crippen molar-refractivity contribution in [3.63, 3.8) is 0 Å². The second kappa shape index (κ2) is 8.82. The lowest BCUT2D eigenvalue weighted by Gasteiger charge is -2.23. The van der Waals surface area contributed by atoms with E-state index in [4.69, 9.17) is 5.11 Å². The summed E-state index contributed by atoms with van der Waals surface area (Å²) in [4.78, 5) is 11.0. The summed E-state index contributed by atoms with van der Waals surface area (Å²) in [6, 6.07) is 21.8. The van der Waals surface area contributed by atoms with Gasteiger partial charge in [-0.3, -0.25) is 4.79 Å². The largest absolute Gasteiger partial charge is 0.481 e. The molecule has 3 heteroatoms. The highest BCUT2D eigenvalue weighted by atomic mass is 16.4. The SMILES string of the molecule is O=C(O)CCC(Cc1ccccc1)NC1CCC(c2ccccc2)C1. The van der Waals surface area contributed by atoms with Crippen molar-refractivity contribution >= 4 is 5.97 Å². The van der Waals surface area contributed by atoms with Crippen LogP contribution in [0.4, 0.5) is 0 Å². The Morgan fingerprint density at radius 3 is 2.40 bits per heavy atom. The fourth-order valence-corrected chi connectivity index (χ4v) is 3.93. The molecule has 0 heterocycles. The average Bonchev–Trinajstić information content (AvgIpc) is 3.10. The van der Waals surface area contributed by atoms with E-state index in [0.717, 1.165) is 19.3 Å². The molecule has 25 heavy (non-hydrogen) atoms. The molecular formula is C22H27NO2. The number of hydrogen-bond acceptors (Lipinski definition) is 2. The van der Waals surface area contributed by atoms with Gasteiger partial charge in [-0.05, 0) is 49.1 Å². The summed E-state index contributed by atoms with van der Waals surface area (Å²) >= 11 is 0. The zero-order chi connectivity index (χ0) is 17.5. The lowest BCUT2D eigenvalue weighted by atomic mass is 9.97. The molecule has 132 valence electrons. The van der Waals surface area contributed by atoms with Crippen molar-refractivity contribution in [3.05, 3.63) is 71.8 Å². The minimum absolute atomic E-state index is 0.220. The van der Waals surface area contributed by atoms with Crippen LogP contribution < -0.4 is 5.32 Å². The maximum absolute atomic E-state index is 11.0. The molecule has 3 atom stereocenters. The maximum atomic E-state index is 11.0. The highest BCUT2D eigenvalue weighted by molar-refractivity contribution is 5.66. The van der Waals surface area contributed by atoms with E-state index in [1.807, 2.05) is 18.2 Å². The molecular weight excluding hydrogens is 310 g/mol. The van der Waals surface area contributed by atoms with Crippen LogP contribution in [0.1, 0.15) is 49.1 Å². The smallest absolute Gasteiger partial charge is 0.303 e. The van der Waals surface area contributed by atoms with Gasteiger partial charge in [0.1, 0.15) is 0 Å². The number of nitrogens with one attached hydrogen (secondary N) is 1. The summed E-state index contributed by atoms with van der Waals surface area (Å²) in [6.45, 7) is 0. The number of carboxylic acids is 1. The van der Waals surface area contributed by atoms with Gasteiger partial charge >= 0.3 is 5.97 Å². The van der Waals surface area contributed by atoms with Crippen molar-refractivity contribution in [2.45, 2.75) is 56.5 Å². The normalized spacial score (nSPS) is 21.1. The van der Waals surface area contributed by atoms with E-state index < -0.39 is 5.97 Å². The lowest BCUT2D eigenvalue weighted by Crippen LogP contribution is -2.38. The van der Waals surface area contributed by atoms with E-state index in [0.29, 0.717) is 18.4 Å². The molecule has 0 bridgehead atoms. The third-order valence-corrected chi connectivity index (χ3v) is 5.21. The first-order valence-electron chi connectivity index (χ1n) is 9.27. The van der Waals surface area contributed by atoms with Gasteiger partial charge in [-0.15, -0.1) is 0 Å². The molecule has 2 N–H and O–H groups in total. The Morgan fingerprint density at radius 1 is 1.04 bits per heavy atom.